The molecular weight excluding hydrogens is 332 g/mol. The highest BCUT2D eigenvalue weighted by molar-refractivity contribution is 5.94. The number of anilines is 1. The van der Waals surface area contributed by atoms with Crippen LogP contribution in [0.25, 0.3) is 0 Å². The Kier molecular flexibility index (Phi) is 4.38. The van der Waals surface area contributed by atoms with E-state index >= 15 is 0 Å². The molecule has 2 aliphatic heterocycles. The van der Waals surface area contributed by atoms with Gasteiger partial charge in [-0.1, -0.05) is 0 Å². The summed E-state index contributed by atoms with van der Waals surface area (Å²) in [5.41, 5.74) is 0.616. The van der Waals surface area contributed by atoms with Crippen molar-refractivity contribution in [3.63, 3.8) is 0 Å². The van der Waals surface area contributed by atoms with Crippen LogP contribution in [0.3, 0.4) is 0 Å². The largest absolute Gasteiger partial charge is 0.441 e. The van der Waals surface area contributed by atoms with Gasteiger partial charge < -0.3 is 25.7 Å². The number of hydrogen-bond acceptors (Lipinski definition) is 4. The first-order valence-corrected chi connectivity index (χ1v) is 8.88. The van der Waals surface area contributed by atoms with Crippen LogP contribution in [0.2, 0.25) is 0 Å². The van der Waals surface area contributed by atoms with Crippen molar-refractivity contribution in [2.75, 3.05) is 5.32 Å². The Morgan fingerprint density at radius 3 is 2.58 bits per heavy atom. The zero-order chi connectivity index (χ0) is 18.1. The molecule has 2 fully saturated rings. The van der Waals surface area contributed by atoms with Crippen molar-refractivity contribution >= 4 is 17.6 Å². The second kappa shape index (κ2) is 6.84. The Morgan fingerprint density at radius 1 is 1.12 bits per heavy atom. The summed E-state index contributed by atoms with van der Waals surface area (Å²) in [6.45, 7) is 1.44. The molecular formula is C19H22N4O3. The number of carbonyl (C=O) groups is 2. The number of nitrogens with one attached hydrogen (secondary N) is 4. The maximum Gasteiger partial charge on any atom is 0.251 e. The summed E-state index contributed by atoms with van der Waals surface area (Å²) in [7, 11) is 0. The number of fused-ring (bicyclic) bond motifs is 2. The number of carbonyl (C=O) groups excluding carboxylic acids is 2. The zero-order valence-electron chi connectivity index (χ0n) is 14.5. The molecule has 26 heavy (non-hydrogen) atoms. The first-order valence-electron chi connectivity index (χ1n) is 8.88. The van der Waals surface area contributed by atoms with E-state index in [-0.39, 0.29) is 17.9 Å². The third kappa shape index (κ3) is 3.57. The maximum atomic E-state index is 12.4. The van der Waals surface area contributed by atoms with Crippen LogP contribution in [-0.4, -0.2) is 34.9 Å². The second-order valence-electron chi connectivity index (χ2n) is 6.91. The third-order valence-corrected chi connectivity index (χ3v) is 4.93. The fourth-order valence-electron chi connectivity index (χ4n) is 3.73. The molecule has 3 unspecified atom stereocenters. The minimum Gasteiger partial charge on any atom is -0.441 e. The molecule has 2 bridgehead atoms. The van der Waals surface area contributed by atoms with Crippen LogP contribution in [0, 0.1) is 0 Å². The van der Waals surface area contributed by atoms with E-state index in [1.165, 1.54) is 13.3 Å². The Morgan fingerprint density at radius 2 is 1.92 bits per heavy atom. The fraction of sp³-hybridized carbons (Fsp3) is 0.368. The Balaban J connectivity index is 1.35. The van der Waals surface area contributed by atoms with Crippen molar-refractivity contribution < 1.29 is 14.3 Å². The van der Waals surface area contributed by atoms with Gasteiger partial charge in [-0.05, 0) is 49.6 Å². The molecule has 2 saturated heterocycles. The van der Waals surface area contributed by atoms with E-state index in [0.29, 0.717) is 35.1 Å². The van der Waals surface area contributed by atoms with Crippen molar-refractivity contribution in [3.05, 3.63) is 42.0 Å². The lowest BCUT2D eigenvalue weighted by Crippen LogP contribution is -2.42. The van der Waals surface area contributed by atoms with Gasteiger partial charge in [-0.25, -0.2) is 0 Å². The number of rotatable bonds is 5. The third-order valence-electron chi connectivity index (χ3n) is 4.93. The van der Waals surface area contributed by atoms with Crippen LogP contribution in [-0.2, 0) is 4.79 Å². The molecule has 3 atom stereocenters. The Hall–Kier alpha value is -2.80. The molecule has 1 aromatic carbocycles. The van der Waals surface area contributed by atoms with E-state index in [1.54, 1.807) is 36.4 Å². The molecule has 2 aromatic rings. The predicted octanol–water partition coefficient (Wildman–Crippen LogP) is 2.39. The average Bonchev–Trinajstić information content (AvgIpc) is 3.32. The molecule has 2 amide bonds. The topological polar surface area (TPSA) is 95.2 Å². The van der Waals surface area contributed by atoms with Gasteiger partial charge in [-0.2, -0.15) is 0 Å². The lowest BCUT2D eigenvalue weighted by atomic mass is 9.95. The molecule has 0 radical (unpaired) electrons. The number of hydrogen-bond donors (Lipinski definition) is 4. The zero-order valence-corrected chi connectivity index (χ0v) is 14.5. The highest BCUT2D eigenvalue weighted by Gasteiger charge is 2.39. The lowest BCUT2D eigenvalue weighted by Gasteiger charge is -2.21. The van der Waals surface area contributed by atoms with Crippen LogP contribution in [0.4, 0.5) is 5.82 Å². The van der Waals surface area contributed by atoms with E-state index in [2.05, 4.69) is 20.9 Å². The number of amides is 2. The average molecular weight is 354 g/mol. The van der Waals surface area contributed by atoms with Crippen molar-refractivity contribution in [1.29, 1.82) is 0 Å². The molecule has 2 aliphatic rings. The molecule has 3 heterocycles. The second-order valence-corrected chi connectivity index (χ2v) is 6.91. The van der Waals surface area contributed by atoms with Gasteiger partial charge in [0.2, 0.25) is 5.91 Å². The van der Waals surface area contributed by atoms with Crippen LogP contribution in [0.15, 0.2) is 36.4 Å². The molecule has 7 nitrogen and oxygen atoms in total. The molecule has 136 valence electrons. The van der Waals surface area contributed by atoms with E-state index in [4.69, 9.17) is 4.74 Å². The number of aromatic nitrogens is 1. The minimum atomic E-state index is -0.153. The molecule has 0 saturated carbocycles. The first kappa shape index (κ1) is 16.7. The lowest BCUT2D eigenvalue weighted by molar-refractivity contribution is -0.114. The summed E-state index contributed by atoms with van der Waals surface area (Å²) in [6.07, 6.45) is 3.37. The quantitative estimate of drug-likeness (QED) is 0.663. The summed E-state index contributed by atoms with van der Waals surface area (Å²) in [4.78, 5) is 26.4. The van der Waals surface area contributed by atoms with Gasteiger partial charge >= 0.3 is 0 Å². The molecule has 4 rings (SSSR count). The van der Waals surface area contributed by atoms with E-state index in [1.807, 2.05) is 0 Å². The van der Waals surface area contributed by atoms with E-state index < -0.39 is 0 Å². The summed E-state index contributed by atoms with van der Waals surface area (Å²) in [6, 6.07) is 11.7. The standard InChI is InChI=1S/C19H22N4O3/c1-11(24)20-17-8-9-18(23-17)26-14-5-2-12(3-6-14)19(25)22-16-10-13-4-7-15(16)21-13/h2-3,5-6,8-9,13,15-16,21,23H,4,7,10H2,1H3,(H,20,24)(H,22,25). The van der Waals surface area contributed by atoms with Gasteiger partial charge in [0, 0.05) is 36.7 Å². The predicted molar refractivity (Wildman–Crippen MR) is 97.4 cm³/mol. The summed E-state index contributed by atoms with van der Waals surface area (Å²) in [5, 5.41) is 9.30. The molecule has 0 aliphatic carbocycles. The van der Waals surface area contributed by atoms with E-state index in [0.717, 1.165) is 12.8 Å². The van der Waals surface area contributed by atoms with Crippen LogP contribution in [0.1, 0.15) is 36.5 Å². The van der Waals surface area contributed by atoms with E-state index in [9.17, 15) is 9.59 Å². The molecule has 1 aromatic heterocycles. The van der Waals surface area contributed by atoms with Gasteiger partial charge in [0.05, 0.1) is 0 Å². The Labute approximate surface area is 151 Å². The van der Waals surface area contributed by atoms with Crippen molar-refractivity contribution in [2.45, 2.75) is 44.3 Å². The van der Waals surface area contributed by atoms with Crippen LogP contribution < -0.4 is 20.7 Å². The summed E-state index contributed by atoms with van der Waals surface area (Å²) < 4.78 is 5.70. The normalized spacial score (nSPS) is 23.7. The van der Waals surface area contributed by atoms with Gasteiger partial charge in [-0.3, -0.25) is 9.59 Å². The first-order chi connectivity index (χ1) is 12.6. The Bertz CT molecular complexity index is 814. The van der Waals surface area contributed by atoms with Crippen LogP contribution in [0.5, 0.6) is 11.6 Å². The maximum absolute atomic E-state index is 12.4. The highest BCUT2D eigenvalue weighted by atomic mass is 16.5. The fourth-order valence-corrected chi connectivity index (χ4v) is 3.73. The SMILES string of the molecule is CC(=O)Nc1ccc(Oc2ccc(C(=O)NC3CC4CCC3N4)cc2)[nH]1. The monoisotopic (exact) mass is 354 g/mol. The van der Waals surface area contributed by atoms with Crippen molar-refractivity contribution in [1.82, 2.24) is 15.6 Å². The van der Waals surface area contributed by atoms with Gasteiger partial charge in [0.25, 0.3) is 5.91 Å². The van der Waals surface area contributed by atoms with Crippen LogP contribution >= 0.6 is 0 Å². The summed E-state index contributed by atoms with van der Waals surface area (Å²) >= 11 is 0. The van der Waals surface area contributed by atoms with Crippen molar-refractivity contribution in [3.8, 4) is 11.6 Å². The molecule has 0 spiro atoms. The van der Waals surface area contributed by atoms with Gasteiger partial charge in [0.15, 0.2) is 5.88 Å². The highest BCUT2D eigenvalue weighted by Crippen LogP contribution is 2.28. The number of H-pyrrole nitrogens is 1. The number of benzene rings is 1. The molecule has 7 heteroatoms. The smallest absolute Gasteiger partial charge is 0.251 e. The minimum absolute atomic E-state index is 0.0521. The van der Waals surface area contributed by atoms with Gasteiger partial charge in [0.1, 0.15) is 11.6 Å². The number of aromatic amines is 1. The van der Waals surface area contributed by atoms with Crippen molar-refractivity contribution in [2.24, 2.45) is 0 Å². The number of ether oxygens (including phenoxy) is 1. The van der Waals surface area contributed by atoms with Gasteiger partial charge in [-0.15, -0.1) is 0 Å². The molecule has 4 N–H and O–H groups in total. The summed E-state index contributed by atoms with van der Waals surface area (Å²) in [5.74, 6) is 1.49.